The second-order valence-electron chi connectivity index (χ2n) is 7.03. The summed E-state index contributed by atoms with van der Waals surface area (Å²) in [6.07, 6.45) is 0. The zero-order valence-corrected chi connectivity index (χ0v) is 16.0. The lowest BCUT2D eigenvalue weighted by Gasteiger charge is -2.17. The van der Waals surface area contributed by atoms with Gasteiger partial charge in [0.15, 0.2) is 5.58 Å². The van der Waals surface area contributed by atoms with Crippen molar-refractivity contribution in [2.24, 2.45) is 10.2 Å². The summed E-state index contributed by atoms with van der Waals surface area (Å²) in [7, 11) is 0. The van der Waals surface area contributed by atoms with E-state index in [1.165, 1.54) is 0 Å². The highest BCUT2D eigenvalue weighted by molar-refractivity contribution is 5.75. The molecule has 0 saturated carbocycles. The summed E-state index contributed by atoms with van der Waals surface area (Å²) in [4.78, 5) is 17.9. The lowest BCUT2D eigenvalue weighted by molar-refractivity contribution is -0.129. The number of hydrogen-bond acceptors (Lipinski definition) is 8. The fourth-order valence-corrected chi connectivity index (χ4v) is 2.60. The van der Waals surface area contributed by atoms with E-state index in [0.717, 1.165) is 0 Å². The monoisotopic (exact) mass is 394 g/mol. The number of benzene rings is 1. The molecule has 0 spiro atoms. The third-order valence-electron chi connectivity index (χ3n) is 3.94. The number of carbonyl (C=O) groups excluding carboxylic acids is 1. The Bertz CT molecular complexity index is 1110. The van der Waals surface area contributed by atoms with Crippen LogP contribution in [0.1, 0.15) is 37.9 Å². The van der Waals surface area contributed by atoms with Crippen molar-refractivity contribution in [3.05, 3.63) is 58.7 Å². The Hall–Kier alpha value is -4.00. The molecule has 3 rings (SSSR count). The Kier molecular flexibility index (Phi) is 5.40. The first kappa shape index (κ1) is 19.8. The molecule has 148 valence electrons. The molecule has 10 nitrogen and oxygen atoms in total. The lowest BCUT2D eigenvalue weighted by atomic mass is 9.89. The Morgan fingerprint density at radius 1 is 1.41 bits per heavy atom. The van der Waals surface area contributed by atoms with Gasteiger partial charge in [0.05, 0.1) is 5.56 Å². The maximum atomic E-state index is 10.6. The molecule has 2 N–H and O–H groups in total. The molecule has 0 amide bonds. The quantitative estimate of drug-likeness (QED) is 0.276. The van der Waals surface area contributed by atoms with E-state index in [0.29, 0.717) is 28.8 Å². The van der Waals surface area contributed by atoms with Crippen LogP contribution in [0.15, 0.2) is 44.7 Å². The van der Waals surface area contributed by atoms with Gasteiger partial charge < -0.3 is 19.1 Å². The van der Waals surface area contributed by atoms with Crippen molar-refractivity contribution in [3.63, 3.8) is 0 Å². The molecule has 0 radical (unpaired) electrons. The van der Waals surface area contributed by atoms with Gasteiger partial charge in [-0.25, -0.2) is 4.98 Å². The van der Waals surface area contributed by atoms with Gasteiger partial charge in [0, 0.05) is 16.2 Å². The highest BCUT2D eigenvalue weighted by Gasteiger charge is 2.25. The van der Waals surface area contributed by atoms with Crippen LogP contribution in [0.4, 0.5) is 5.82 Å². The average Bonchev–Trinajstić information content (AvgIpc) is 3.30. The molecular formula is C19H18N6O4. The number of azo groups is 1. The molecule has 29 heavy (non-hydrogen) atoms. The Morgan fingerprint density at radius 3 is 2.83 bits per heavy atom. The minimum Gasteiger partial charge on any atom is -0.513 e. The third-order valence-corrected chi connectivity index (χ3v) is 3.94. The van der Waals surface area contributed by atoms with Crippen LogP contribution < -0.4 is 0 Å². The normalized spacial score (nSPS) is 12.8. The van der Waals surface area contributed by atoms with Gasteiger partial charge in [-0.3, -0.25) is 9.89 Å². The van der Waals surface area contributed by atoms with Crippen LogP contribution in [0.3, 0.4) is 0 Å². The number of para-hydroxylation sites is 2. The molecule has 10 heteroatoms. The van der Waals surface area contributed by atoms with Crippen molar-refractivity contribution in [1.29, 1.82) is 0 Å². The first-order valence-corrected chi connectivity index (χ1v) is 8.56. The number of oxazole rings is 1. The van der Waals surface area contributed by atoms with Crippen molar-refractivity contribution < 1.29 is 19.1 Å². The molecule has 1 aromatic carbocycles. The molecule has 0 atom stereocenters. The van der Waals surface area contributed by atoms with Crippen molar-refractivity contribution in [3.8, 4) is 0 Å². The number of H-pyrrole nitrogens is 1. The molecule has 0 aliphatic rings. The predicted molar refractivity (Wildman–Crippen MR) is 103 cm³/mol. The first-order valence-electron chi connectivity index (χ1n) is 8.56. The molecule has 0 aliphatic heterocycles. The van der Waals surface area contributed by atoms with Gasteiger partial charge in [0.25, 0.3) is 12.4 Å². The fourth-order valence-electron chi connectivity index (χ4n) is 2.60. The molecule has 0 aliphatic carbocycles. The lowest BCUT2D eigenvalue weighted by Crippen LogP contribution is -2.14. The number of hydrogen-bond donors (Lipinski definition) is 2. The van der Waals surface area contributed by atoms with Gasteiger partial charge in [0.1, 0.15) is 12.1 Å². The van der Waals surface area contributed by atoms with Gasteiger partial charge in [-0.15, -0.1) is 0 Å². The number of aromatic amines is 1. The number of rotatable bonds is 6. The maximum absolute atomic E-state index is 10.6. The van der Waals surface area contributed by atoms with Gasteiger partial charge in [0.2, 0.25) is 11.6 Å². The van der Waals surface area contributed by atoms with Gasteiger partial charge in [-0.05, 0) is 17.2 Å². The number of nitrogens with one attached hydrogen (secondary N) is 1. The van der Waals surface area contributed by atoms with E-state index in [9.17, 15) is 9.90 Å². The highest BCUT2D eigenvalue weighted by atomic mass is 16.5. The summed E-state index contributed by atoms with van der Waals surface area (Å²) in [5.41, 5.74) is 1.92. The van der Waals surface area contributed by atoms with Crippen molar-refractivity contribution in [1.82, 2.24) is 15.2 Å². The van der Waals surface area contributed by atoms with E-state index in [4.69, 9.17) is 15.7 Å². The van der Waals surface area contributed by atoms with E-state index in [2.05, 4.69) is 30.3 Å². The number of carbonyl (C=O) groups is 1. The van der Waals surface area contributed by atoms with Crippen LogP contribution in [0.2, 0.25) is 0 Å². The second kappa shape index (κ2) is 7.93. The molecule has 2 aromatic heterocycles. The number of fused-ring (bicyclic) bond motifs is 1. The number of aliphatic hydroxyl groups is 1. The van der Waals surface area contributed by atoms with Crippen LogP contribution >= 0.6 is 0 Å². The topological polar surface area (TPSA) is 130 Å². The smallest absolute Gasteiger partial charge is 0.343 e. The number of ether oxygens (including phenoxy) is 1. The van der Waals surface area contributed by atoms with Gasteiger partial charge in [-0.2, -0.15) is 5.10 Å². The fraction of sp³-hybridized carbons (Fsp3) is 0.263. The third kappa shape index (κ3) is 4.14. The zero-order valence-electron chi connectivity index (χ0n) is 16.0. The second-order valence-corrected chi connectivity index (χ2v) is 7.03. The zero-order chi connectivity index (χ0) is 21.0. The minimum atomic E-state index is -0.544. The van der Waals surface area contributed by atoms with Crippen molar-refractivity contribution in [2.45, 2.75) is 32.8 Å². The largest absolute Gasteiger partial charge is 0.513 e. The molecule has 0 saturated heterocycles. The molecule has 3 aromatic rings. The van der Waals surface area contributed by atoms with Crippen LogP contribution in [0.25, 0.3) is 21.7 Å². The first-order chi connectivity index (χ1) is 13.8. The van der Waals surface area contributed by atoms with E-state index >= 15 is 0 Å². The molecule has 0 fully saturated rings. The summed E-state index contributed by atoms with van der Waals surface area (Å²) in [5, 5.41) is 25.0. The highest BCUT2D eigenvalue weighted by Crippen LogP contribution is 2.31. The number of aromatic nitrogens is 3. The molecular weight excluding hydrogens is 376 g/mol. The summed E-state index contributed by atoms with van der Waals surface area (Å²) >= 11 is 0. The van der Waals surface area contributed by atoms with Gasteiger partial charge >= 0.3 is 5.82 Å². The molecule has 2 heterocycles. The number of aliphatic hydroxyl groups excluding tert-OH is 1. The SMILES string of the molecule is [C-]#[N+]C(/N=N/c1n[nH]c(C(C)(C)C)c1COC=O)=C(/O)c1nc2ccccc2o1. The minimum absolute atomic E-state index is 0.0604. The summed E-state index contributed by atoms with van der Waals surface area (Å²) in [5.74, 6) is -0.960. The maximum Gasteiger partial charge on any atom is 0.343 e. The Balaban J connectivity index is 1.98. The van der Waals surface area contributed by atoms with E-state index < -0.39 is 11.6 Å². The van der Waals surface area contributed by atoms with E-state index in [1.54, 1.807) is 24.3 Å². The Labute approximate surface area is 165 Å². The van der Waals surface area contributed by atoms with Crippen LogP contribution in [-0.4, -0.2) is 26.8 Å². The van der Waals surface area contributed by atoms with Crippen LogP contribution in [-0.2, 0) is 21.6 Å². The van der Waals surface area contributed by atoms with E-state index in [1.807, 2.05) is 20.8 Å². The number of nitrogens with zero attached hydrogens (tertiary/aromatic N) is 5. The Morgan fingerprint density at radius 2 is 2.17 bits per heavy atom. The average molecular weight is 394 g/mol. The van der Waals surface area contributed by atoms with Crippen molar-refractivity contribution >= 4 is 29.1 Å². The summed E-state index contributed by atoms with van der Waals surface area (Å²) < 4.78 is 10.3. The summed E-state index contributed by atoms with van der Waals surface area (Å²) in [6.45, 7) is 13.4. The van der Waals surface area contributed by atoms with Gasteiger partial charge in [-0.1, -0.05) is 39.5 Å². The van der Waals surface area contributed by atoms with E-state index in [-0.39, 0.29) is 23.7 Å². The van der Waals surface area contributed by atoms with Crippen LogP contribution in [0, 0.1) is 6.57 Å². The molecule has 0 unspecified atom stereocenters. The molecule has 0 bridgehead atoms. The summed E-state index contributed by atoms with van der Waals surface area (Å²) in [6, 6.07) is 6.94. The van der Waals surface area contributed by atoms with Crippen LogP contribution in [0.5, 0.6) is 0 Å². The standard InChI is InChI=1S/C19H18N6O4/c1-19(2,3)15-11(9-28-10-26)16(23-22-15)24-25-17(20-4)14(27)18-21-12-7-5-6-8-13(12)29-18/h5-8,10,27H,9H2,1-3H3,(H,22,23)/b17-14-,25-24+. The van der Waals surface area contributed by atoms with Crippen molar-refractivity contribution in [2.75, 3.05) is 0 Å². The predicted octanol–water partition coefficient (Wildman–Crippen LogP) is 4.41.